The van der Waals surface area contributed by atoms with E-state index in [0.717, 1.165) is 17.8 Å². The second-order valence-electron chi connectivity index (χ2n) is 8.64. The fourth-order valence-electron chi connectivity index (χ4n) is 4.28. The molecule has 0 unspecified atom stereocenters. The zero-order chi connectivity index (χ0) is 25.9. The van der Waals surface area contributed by atoms with E-state index in [4.69, 9.17) is 4.74 Å². The molecule has 36 heavy (non-hydrogen) atoms. The van der Waals surface area contributed by atoms with Crippen molar-refractivity contribution in [3.8, 4) is 5.75 Å². The molecule has 7 nitrogen and oxygen atoms in total. The maximum absolute atomic E-state index is 14.6. The van der Waals surface area contributed by atoms with Gasteiger partial charge >= 0.3 is 0 Å². The van der Waals surface area contributed by atoms with Gasteiger partial charge in [0.05, 0.1) is 22.8 Å². The van der Waals surface area contributed by atoms with E-state index in [9.17, 15) is 17.6 Å². The van der Waals surface area contributed by atoms with E-state index in [1.807, 2.05) is 19.1 Å². The lowest BCUT2D eigenvalue weighted by atomic mass is 10.1. The van der Waals surface area contributed by atoms with Crippen LogP contribution in [0.3, 0.4) is 0 Å². The Morgan fingerprint density at radius 2 is 1.72 bits per heavy atom. The maximum atomic E-state index is 14.6. The van der Waals surface area contributed by atoms with Crippen molar-refractivity contribution < 1.29 is 22.3 Å². The van der Waals surface area contributed by atoms with Crippen LogP contribution < -0.4 is 15.0 Å². The fourth-order valence-corrected chi connectivity index (χ4v) is 5.73. The van der Waals surface area contributed by atoms with Crippen LogP contribution in [0, 0.1) is 19.7 Å². The summed E-state index contributed by atoms with van der Waals surface area (Å²) in [6.45, 7) is 7.97. The number of nitrogens with one attached hydrogen (secondary N) is 1. The van der Waals surface area contributed by atoms with E-state index in [2.05, 4.69) is 30.1 Å². The van der Waals surface area contributed by atoms with Gasteiger partial charge in [0.25, 0.3) is 5.91 Å². The molecule has 1 amide bonds. The zero-order valence-corrected chi connectivity index (χ0v) is 21.4. The Hall–Kier alpha value is -3.43. The number of ether oxygens (including phenoxy) is 1. The van der Waals surface area contributed by atoms with E-state index in [1.54, 1.807) is 24.3 Å². The van der Waals surface area contributed by atoms with Crippen LogP contribution in [-0.4, -0.2) is 51.4 Å². The molecular weight excluding hydrogens is 481 g/mol. The van der Waals surface area contributed by atoms with Gasteiger partial charge in [-0.15, -0.1) is 0 Å². The SMILES string of the molecule is CCOc1ccccc1NC(=O)c1cc(S(=O)(=O)N2CCN(c3cccc(C)c3C)CC2)ccc1F. The van der Waals surface area contributed by atoms with Crippen molar-refractivity contribution in [1.82, 2.24) is 4.31 Å². The highest BCUT2D eigenvalue weighted by Gasteiger charge is 2.30. The van der Waals surface area contributed by atoms with Gasteiger partial charge in [-0.2, -0.15) is 4.31 Å². The second-order valence-corrected chi connectivity index (χ2v) is 10.6. The summed E-state index contributed by atoms with van der Waals surface area (Å²) >= 11 is 0. The topological polar surface area (TPSA) is 78.9 Å². The van der Waals surface area contributed by atoms with E-state index in [0.29, 0.717) is 31.1 Å². The minimum atomic E-state index is -3.91. The first kappa shape index (κ1) is 25.7. The second kappa shape index (κ2) is 10.7. The summed E-state index contributed by atoms with van der Waals surface area (Å²) in [7, 11) is -3.91. The highest BCUT2D eigenvalue weighted by Crippen LogP contribution is 2.28. The standard InChI is InChI=1S/C27H30FN3O4S/c1-4-35-26-11-6-5-9-24(26)29-27(32)22-18-21(12-13-23(22)28)36(33,34)31-16-14-30(15-17-31)25-10-7-8-19(2)20(25)3/h5-13,18H,4,14-17H2,1-3H3,(H,29,32). The summed E-state index contributed by atoms with van der Waals surface area (Å²) in [6.07, 6.45) is 0. The Morgan fingerprint density at radius 1 is 1.00 bits per heavy atom. The zero-order valence-electron chi connectivity index (χ0n) is 20.6. The summed E-state index contributed by atoms with van der Waals surface area (Å²) in [5.74, 6) is -1.12. The third kappa shape index (κ3) is 5.22. The Kier molecular flexibility index (Phi) is 7.61. The first-order valence-corrected chi connectivity index (χ1v) is 13.3. The molecule has 1 fully saturated rings. The Bertz CT molecular complexity index is 1370. The molecule has 1 saturated heterocycles. The number of halogens is 1. The van der Waals surface area contributed by atoms with Crippen LogP contribution in [0.25, 0.3) is 0 Å². The molecule has 0 bridgehead atoms. The molecule has 1 heterocycles. The lowest BCUT2D eigenvalue weighted by Gasteiger charge is -2.36. The Balaban J connectivity index is 1.52. The number of para-hydroxylation sites is 2. The molecule has 3 aromatic rings. The summed E-state index contributed by atoms with van der Waals surface area (Å²) in [6, 6.07) is 16.2. The highest BCUT2D eigenvalue weighted by molar-refractivity contribution is 7.89. The van der Waals surface area contributed by atoms with Gasteiger partial charge in [0, 0.05) is 31.9 Å². The van der Waals surface area contributed by atoms with Crippen LogP contribution in [0.5, 0.6) is 5.75 Å². The quantitative estimate of drug-likeness (QED) is 0.502. The van der Waals surface area contributed by atoms with Crippen molar-refractivity contribution in [2.75, 3.05) is 43.0 Å². The number of carbonyl (C=O) groups is 1. The summed E-state index contributed by atoms with van der Waals surface area (Å²) in [4.78, 5) is 14.9. The number of sulfonamides is 1. The Labute approximate surface area is 211 Å². The normalized spacial score (nSPS) is 14.5. The van der Waals surface area contributed by atoms with Gasteiger partial charge in [0.2, 0.25) is 10.0 Å². The van der Waals surface area contributed by atoms with Gasteiger partial charge in [-0.1, -0.05) is 24.3 Å². The van der Waals surface area contributed by atoms with Crippen molar-refractivity contribution in [3.63, 3.8) is 0 Å². The average Bonchev–Trinajstić information content (AvgIpc) is 2.87. The number of amides is 1. The third-order valence-electron chi connectivity index (χ3n) is 6.41. The predicted octanol–water partition coefficient (Wildman–Crippen LogP) is 4.60. The average molecular weight is 512 g/mol. The van der Waals surface area contributed by atoms with Gasteiger partial charge < -0.3 is 15.0 Å². The monoisotopic (exact) mass is 511 g/mol. The van der Waals surface area contributed by atoms with Gasteiger partial charge in [0.15, 0.2) is 0 Å². The predicted molar refractivity (Wildman–Crippen MR) is 139 cm³/mol. The van der Waals surface area contributed by atoms with Gasteiger partial charge in [0.1, 0.15) is 11.6 Å². The highest BCUT2D eigenvalue weighted by atomic mass is 32.2. The maximum Gasteiger partial charge on any atom is 0.258 e. The first-order chi connectivity index (χ1) is 17.2. The number of benzene rings is 3. The van der Waals surface area contributed by atoms with E-state index in [-0.39, 0.29) is 23.5 Å². The van der Waals surface area contributed by atoms with Crippen molar-refractivity contribution in [3.05, 3.63) is 83.2 Å². The van der Waals surface area contributed by atoms with Crippen LogP contribution in [0.2, 0.25) is 0 Å². The lowest BCUT2D eigenvalue weighted by molar-refractivity contribution is 0.102. The third-order valence-corrected chi connectivity index (χ3v) is 8.31. The number of hydrogen-bond acceptors (Lipinski definition) is 5. The minimum absolute atomic E-state index is 0.118. The van der Waals surface area contributed by atoms with E-state index in [1.165, 1.54) is 21.5 Å². The molecule has 1 aliphatic rings. The molecule has 9 heteroatoms. The Morgan fingerprint density at radius 3 is 2.44 bits per heavy atom. The van der Waals surface area contributed by atoms with Crippen LogP contribution in [0.15, 0.2) is 65.6 Å². The van der Waals surface area contributed by atoms with E-state index >= 15 is 0 Å². The molecule has 4 rings (SSSR count). The number of aryl methyl sites for hydroxylation is 1. The van der Waals surface area contributed by atoms with Crippen molar-refractivity contribution in [2.24, 2.45) is 0 Å². The lowest BCUT2D eigenvalue weighted by Crippen LogP contribution is -2.48. The van der Waals surface area contributed by atoms with Crippen molar-refractivity contribution >= 4 is 27.3 Å². The molecule has 0 radical (unpaired) electrons. The van der Waals surface area contributed by atoms with E-state index < -0.39 is 21.7 Å². The number of anilines is 2. The number of nitrogens with zero attached hydrogens (tertiary/aromatic N) is 2. The molecule has 0 aromatic heterocycles. The smallest absolute Gasteiger partial charge is 0.258 e. The molecule has 190 valence electrons. The van der Waals surface area contributed by atoms with Crippen molar-refractivity contribution in [1.29, 1.82) is 0 Å². The summed E-state index contributed by atoms with van der Waals surface area (Å²) in [5.41, 5.74) is 3.48. The summed E-state index contributed by atoms with van der Waals surface area (Å²) in [5, 5.41) is 2.63. The molecule has 0 atom stereocenters. The van der Waals surface area contributed by atoms with Gasteiger partial charge in [-0.25, -0.2) is 12.8 Å². The summed E-state index contributed by atoms with van der Waals surface area (Å²) < 4.78 is 48.2. The van der Waals surface area contributed by atoms with Gasteiger partial charge in [-0.05, 0) is 68.3 Å². The number of carbonyl (C=O) groups excluding carboxylic acids is 1. The van der Waals surface area contributed by atoms with Crippen molar-refractivity contribution in [2.45, 2.75) is 25.7 Å². The largest absolute Gasteiger partial charge is 0.492 e. The van der Waals surface area contributed by atoms with Gasteiger partial charge in [-0.3, -0.25) is 4.79 Å². The van der Waals surface area contributed by atoms with Crippen LogP contribution >= 0.6 is 0 Å². The molecule has 1 N–H and O–H groups in total. The molecule has 1 aliphatic heterocycles. The van der Waals surface area contributed by atoms with Crippen LogP contribution in [0.1, 0.15) is 28.4 Å². The molecule has 0 spiro atoms. The molecule has 3 aromatic carbocycles. The first-order valence-electron chi connectivity index (χ1n) is 11.9. The molecule has 0 aliphatic carbocycles. The minimum Gasteiger partial charge on any atom is -0.492 e. The fraction of sp³-hybridized carbons (Fsp3) is 0.296. The molecular formula is C27H30FN3O4S. The van der Waals surface area contributed by atoms with Crippen LogP contribution in [-0.2, 0) is 10.0 Å². The number of piperazine rings is 1. The molecule has 0 saturated carbocycles. The number of rotatable bonds is 7. The number of hydrogen-bond donors (Lipinski definition) is 1. The van der Waals surface area contributed by atoms with Crippen LogP contribution in [0.4, 0.5) is 15.8 Å².